The molecule has 5 aromatic rings. The molecule has 35 heavy (non-hydrogen) atoms. The predicted octanol–water partition coefficient (Wildman–Crippen LogP) is 7.81. The molecule has 0 aliphatic carbocycles. The molecule has 0 unspecified atom stereocenters. The van der Waals surface area contributed by atoms with Gasteiger partial charge in [0.2, 0.25) is 0 Å². The fourth-order valence-electron chi connectivity index (χ4n) is 3.58. The monoisotopic (exact) mass is 633 g/mol. The van der Waals surface area contributed by atoms with E-state index in [0.29, 0.717) is 5.92 Å². The third-order valence-corrected chi connectivity index (χ3v) is 5.50. The van der Waals surface area contributed by atoms with Crippen LogP contribution in [-0.2, 0) is 26.5 Å². The van der Waals surface area contributed by atoms with Crippen molar-refractivity contribution in [2.75, 3.05) is 0 Å². The van der Waals surface area contributed by atoms with E-state index in [2.05, 4.69) is 84.5 Å². The minimum atomic E-state index is 0. The molecule has 1 radical (unpaired) electrons. The van der Waals surface area contributed by atoms with Crippen LogP contribution in [0.5, 0.6) is 0 Å². The minimum absolute atomic E-state index is 0. The van der Waals surface area contributed by atoms with Crippen molar-refractivity contribution in [1.82, 2.24) is 9.97 Å². The summed E-state index contributed by atoms with van der Waals surface area (Å²) in [5, 5.41) is 0. The molecule has 3 heteroatoms. The molecule has 3 aromatic carbocycles. The maximum atomic E-state index is 4.51. The molecule has 0 fully saturated rings. The van der Waals surface area contributed by atoms with Gasteiger partial charge < -0.3 is 9.97 Å². The van der Waals surface area contributed by atoms with E-state index in [1.54, 1.807) is 0 Å². The van der Waals surface area contributed by atoms with E-state index in [0.717, 1.165) is 28.9 Å². The van der Waals surface area contributed by atoms with Gasteiger partial charge in [0, 0.05) is 32.5 Å². The van der Waals surface area contributed by atoms with Crippen LogP contribution in [0.3, 0.4) is 0 Å². The van der Waals surface area contributed by atoms with E-state index in [1.807, 2.05) is 67.0 Å². The molecule has 2 heterocycles. The molecule has 0 N–H and O–H groups in total. The molecule has 0 saturated heterocycles. The summed E-state index contributed by atoms with van der Waals surface area (Å²) in [6.07, 6.45) is 4.74. The van der Waals surface area contributed by atoms with Crippen molar-refractivity contribution in [2.45, 2.75) is 26.2 Å². The van der Waals surface area contributed by atoms with E-state index in [-0.39, 0.29) is 20.1 Å². The zero-order valence-corrected chi connectivity index (χ0v) is 22.4. The van der Waals surface area contributed by atoms with Gasteiger partial charge in [0.25, 0.3) is 0 Å². The summed E-state index contributed by atoms with van der Waals surface area (Å²) in [5.41, 5.74) is 7.92. The van der Waals surface area contributed by atoms with E-state index in [9.17, 15) is 0 Å². The minimum Gasteiger partial charge on any atom is -0.305 e. The number of rotatable bonds is 5. The van der Waals surface area contributed by atoms with Gasteiger partial charge in [-0.25, -0.2) is 0 Å². The van der Waals surface area contributed by atoms with Gasteiger partial charge in [-0.15, -0.1) is 71.8 Å². The Kier molecular flexibility index (Phi) is 10.1. The molecular formula is C32H28IrN2-2. The first-order valence-electron chi connectivity index (χ1n) is 11.6. The molecule has 0 aliphatic rings. The van der Waals surface area contributed by atoms with E-state index in [4.69, 9.17) is 0 Å². The Morgan fingerprint density at radius 3 is 1.89 bits per heavy atom. The number of nitrogens with zero attached hydrogens (tertiary/aromatic N) is 2. The molecule has 2 aromatic heterocycles. The van der Waals surface area contributed by atoms with Gasteiger partial charge in [0.1, 0.15) is 0 Å². The molecule has 0 aliphatic heterocycles. The quantitative estimate of drug-likeness (QED) is 0.185. The van der Waals surface area contributed by atoms with Crippen molar-refractivity contribution in [1.29, 1.82) is 0 Å². The van der Waals surface area contributed by atoms with Gasteiger partial charge >= 0.3 is 0 Å². The first-order valence-corrected chi connectivity index (χ1v) is 11.6. The normalized spacial score (nSPS) is 10.1. The first-order chi connectivity index (χ1) is 16.7. The average Bonchev–Trinajstić information content (AvgIpc) is 2.91. The summed E-state index contributed by atoms with van der Waals surface area (Å²) in [6.45, 7) is 4.38. The van der Waals surface area contributed by atoms with E-state index >= 15 is 0 Å². The van der Waals surface area contributed by atoms with Crippen LogP contribution in [0.2, 0.25) is 0 Å². The first kappa shape index (κ1) is 26.2. The Bertz CT molecular complexity index is 1270. The summed E-state index contributed by atoms with van der Waals surface area (Å²) in [6, 6.07) is 41.1. The maximum absolute atomic E-state index is 4.51. The van der Waals surface area contributed by atoms with Crippen molar-refractivity contribution >= 4 is 0 Å². The smallest absolute Gasteiger partial charge is 0.0196 e. The molecular weight excluding hydrogens is 605 g/mol. The molecule has 5 rings (SSSR count). The van der Waals surface area contributed by atoms with Crippen LogP contribution < -0.4 is 0 Å². The van der Waals surface area contributed by atoms with Gasteiger partial charge in [0.15, 0.2) is 0 Å². The summed E-state index contributed by atoms with van der Waals surface area (Å²) >= 11 is 0. The number of benzene rings is 3. The standard InChI is InChI=1S/C18H14N.C14H14N.Ir/c1-3-7-15(8-4-1)13-16-11-12-18(19-14-16)17-9-5-2-6-10-17;1-11(2)13-8-9-15-14(10-13)12-6-4-3-5-7-12;/h1-9,11-12,14H,13H2;3-6,8-11H,1-2H3;/q2*-1;. The molecule has 0 atom stereocenters. The number of aromatic nitrogens is 2. The predicted molar refractivity (Wildman–Crippen MR) is 140 cm³/mol. The second-order valence-corrected chi connectivity index (χ2v) is 8.40. The summed E-state index contributed by atoms with van der Waals surface area (Å²) in [7, 11) is 0. The van der Waals surface area contributed by atoms with Crippen molar-refractivity contribution in [3.05, 3.63) is 144 Å². The molecule has 0 bridgehead atoms. The molecule has 177 valence electrons. The maximum Gasteiger partial charge on any atom is 0.0196 e. The molecule has 0 saturated carbocycles. The van der Waals surface area contributed by atoms with Crippen LogP contribution in [0.4, 0.5) is 0 Å². The number of hydrogen-bond donors (Lipinski definition) is 0. The second kappa shape index (κ2) is 13.5. The summed E-state index contributed by atoms with van der Waals surface area (Å²) < 4.78 is 0. The van der Waals surface area contributed by atoms with Gasteiger partial charge in [0.05, 0.1) is 0 Å². The zero-order valence-electron chi connectivity index (χ0n) is 20.0. The number of hydrogen-bond acceptors (Lipinski definition) is 2. The Morgan fingerprint density at radius 1 is 0.657 bits per heavy atom. The third-order valence-electron chi connectivity index (χ3n) is 5.50. The average molecular weight is 633 g/mol. The van der Waals surface area contributed by atoms with Crippen LogP contribution in [0, 0.1) is 12.1 Å². The van der Waals surface area contributed by atoms with Gasteiger partial charge in [-0.05, 0) is 40.9 Å². The van der Waals surface area contributed by atoms with Gasteiger partial charge in [-0.2, -0.15) is 0 Å². The summed E-state index contributed by atoms with van der Waals surface area (Å²) in [4.78, 5) is 8.87. The van der Waals surface area contributed by atoms with Crippen LogP contribution in [0.15, 0.2) is 116 Å². The molecule has 0 amide bonds. The molecule has 0 spiro atoms. The van der Waals surface area contributed by atoms with Crippen LogP contribution in [0.1, 0.15) is 36.5 Å². The van der Waals surface area contributed by atoms with Gasteiger partial charge in [-0.3, -0.25) is 0 Å². The number of pyridine rings is 2. The fourth-order valence-corrected chi connectivity index (χ4v) is 3.58. The Labute approximate surface area is 222 Å². The third kappa shape index (κ3) is 7.82. The van der Waals surface area contributed by atoms with Crippen molar-refractivity contribution in [3.8, 4) is 22.5 Å². The zero-order chi connectivity index (χ0) is 23.6. The van der Waals surface area contributed by atoms with E-state index in [1.165, 1.54) is 16.7 Å². The van der Waals surface area contributed by atoms with Crippen molar-refractivity contribution in [3.63, 3.8) is 0 Å². The SMILES string of the molecule is CC(C)c1ccnc(-c2[c-]cccc2)c1.[Ir].[c-]1ccccc1-c1ccc(Cc2ccccc2)cn1. The Morgan fingerprint density at radius 2 is 1.31 bits per heavy atom. The van der Waals surface area contributed by atoms with Crippen LogP contribution in [-0.4, -0.2) is 9.97 Å². The Hall–Kier alpha value is -3.39. The van der Waals surface area contributed by atoms with Gasteiger partial charge in [-0.1, -0.05) is 67.9 Å². The second-order valence-electron chi connectivity index (χ2n) is 8.40. The van der Waals surface area contributed by atoms with Crippen molar-refractivity contribution in [2.24, 2.45) is 0 Å². The van der Waals surface area contributed by atoms with E-state index < -0.39 is 0 Å². The largest absolute Gasteiger partial charge is 0.305 e. The Balaban J connectivity index is 0.000000195. The fraction of sp³-hybridized carbons (Fsp3) is 0.125. The van der Waals surface area contributed by atoms with Crippen molar-refractivity contribution < 1.29 is 20.1 Å². The molecule has 2 nitrogen and oxygen atoms in total. The van der Waals surface area contributed by atoms with Crippen LogP contribution >= 0.6 is 0 Å². The topological polar surface area (TPSA) is 25.8 Å². The van der Waals surface area contributed by atoms with Crippen LogP contribution in [0.25, 0.3) is 22.5 Å². The summed E-state index contributed by atoms with van der Waals surface area (Å²) in [5.74, 6) is 0.537.